The maximum Gasteiger partial charge on any atom is 0.0784 e. The van der Waals surface area contributed by atoms with Gasteiger partial charge in [0.2, 0.25) is 0 Å². The Hall–Kier alpha value is -1.00. The Balaban J connectivity index is 2.25. The van der Waals surface area contributed by atoms with E-state index in [9.17, 15) is 0 Å². The van der Waals surface area contributed by atoms with Crippen LogP contribution in [0.25, 0.3) is 0 Å². The molecule has 2 rings (SSSR count). The monoisotopic (exact) mass is 234 g/mol. The molecule has 1 atom stereocenters. The fourth-order valence-corrected chi connectivity index (χ4v) is 2.69. The molecule has 0 bridgehead atoms. The number of hydrogen-bond donors (Lipinski definition) is 1. The molecule has 0 aromatic carbocycles. The predicted molar refractivity (Wildman–Crippen MR) is 68.8 cm³/mol. The molecule has 1 unspecified atom stereocenters. The molecule has 4 heteroatoms. The summed E-state index contributed by atoms with van der Waals surface area (Å²) in [5.41, 5.74) is 2.30. The van der Waals surface area contributed by atoms with E-state index in [0.29, 0.717) is 6.04 Å². The molecule has 1 saturated heterocycles. The molecular formula is C13H22N4. The molecule has 1 N–H and O–H groups in total. The quantitative estimate of drug-likeness (QED) is 0.842. The van der Waals surface area contributed by atoms with Crippen LogP contribution < -0.4 is 5.32 Å². The van der Waals surface area contributed by atoms with Gasteiger partial charge in [-0.2, -0.15) is 0 Å². The molecule has 4 nitrogen and oxygen atoms in total. The maximum atomic E-state index is 4.49. The van der Waals surface area contributed by atoms with Crippen LogP contribution in [0.3, 0.4) is 0 Å². The Morgan fingerprint density at radius 3 is 2.71 bits per heavy atom. The van der Waals surface area contributed by atoms with E-state index in [0.717, 1.165) is 31.0 Å². The minimum absolute atomic E-state index is 0.168. The summed E-state index contributed by atoms with van der Waals surface area (Å²) in [6.07, 6.45) is 3.54. The Morgan fingerprint density at radius 1 is 1.35 bits per heavy atom. The molecule has 0 aliphatic carbocycles. The number of hydrogen-bond acceptors (Lipinski definition) is 4. The van der Waals surface area contributed by atoms with Gasteiger partial charge in [-0.25, -0.2) is 0 Å². The number of nitrogens with zero attached hydrogens (tertiary/aromatic N) is 3. The lowest BCUT2D eigenvalue weighted by atomic mass is 9.96. The molecule has 2 heterocycles. The SMILES string of the molecule is Cc1nccnc1C(C)N1CCNCC1(C)C. The molecule has 0 radical (unpaired) electrons. The lowest BCUT2D eigenvalue weighted by molar-refractivity contribution is 0.0495. The van der Waals surface area contributed by atoms with Crippen LogP contribution in [-0.4, -0.2) is 40.0 Å². The summed E-state index contributed by atoms with van der Waals surface area (Å²) in [5, 5.41) is 3.45. The van der Waals surface area contributed by atoms with Crippen LogP contribution >= 0.6 is 0 Å². The van der Waals surface area contributed by atoms with Crippen molar-refractivity contribution in [1.29, 1.82) is 0 Å². The van der Waals surface area contributed by atoms with Crippen molar-refractivity contribution in [3.63, 3.8) is 0 Å². The van der Waals surface area contributed by atoms with E-state index in [2.05, 4.69) is 41.0 Å². The molecule has 0 saturated carbocycles. The van der Waals surface area contributed by atoms with Gasteiger partial charge in [0.1, 0.15) is 0 Å². The van der Waals surface area contributed by atoms with Gasteiger partial charge in [-0.15, -0.1) is 0 Å². The second-order valence-electron chi connectivity index (χ2n) is 5.39. The van der Waals surface area contributed by atoms with Gasteiger partial charge in [-0.3, -0.25) is 14.9 Å². The van der Waals surface area contributed by atoms with Crippen molar-refractivity contribution < 1.29 is 0 Å². The first kappa shape index (κ1) is 12.5. The fourth-order valence-electron chi connectivity index (χ4n) is 2.69. The average Bonchev–Trinajstić information content (AvgIpc) is 2.28. The van der Waals surface area contributed by atoms with Crippen molar-refractivity contribution in [2.45, 2.75) is 39.3 Å². The van der Waals surface area contributed by atoms with Crippen molar-refractivity contribution in [2.75, 3.05) is 19.6 Å². The number of rotatable bonds is 2. The molecule has 1 aromatic rings. The summed E-state index contributed by atoms with van der Waals surface area (Å²) in [5.74, 6) is 0. The van der Waals surface area contributed by atoms with Crippen molar-refractivity contribution in [3.8, 4) is 0 Å². The van der Waals surface area contributed by atoms with Gasteiger partial charge in [0.15, 0.2) is 0 Å². The summed E-state index contributed by atoms with van der Waals surface area (Å²) >= 11 is 0. The molecule has 1 aromatic heterocycles. The highest BCUT2D eigenvalue weighted by molar-refractivity contribution is 5.14. The normalized spacial score (nSPS) is 22.4. The van der Waals surface area contributed by atoms with Crippen molar-refractivity contribution in [1.82, 2.24) is 20.2 Å². The van der Waals surface area contributed by atoms with E-state index in [4.69, 9.17) is 0 Å². The molecule has 94 valence electrons. The highest BCUT2D eigenvalue weighted by Crippen LogP contribution is 2.28. The summed E-state index contributed by atoms with van der Waals surface area (Å²) in [6, 6.07) is 0.320. The van der Waals surface area contributed by atoms with Crippen molar-refractivity contribution in [2.24, 2.45) is 0 Å². The largest absolute Gasteiger partial charge is 0.314 e. The van der Waals surface area contributed by atoms with Gasteiger partial charge < -0.3 is 5.32 Å². The van der Waals surface area contributed by atoms with E-state index in [1.807, 2.05) is 6.92 Å². The van der Waals surface area contributed by atoms with Crippen LogP contribution in [0.2, 0.25) is 0 Å². The Bertz CT molecular complexity index is 389. The minimum Gasteiger partial charge on any atom is -0.314 e. The number of nitrogens with one attached hydrogen (secondary N) is 1. The number of aryl methyl sites for hydroxylation is 1. The third-order valence-electron chi connectivity index (χ3n) is 3.65. The zero-order valence-electron chi connectivity index (χ0n) is 11.2. The second-order valence-corrected chi connectivity index (χ2v) is 5.39. The van der Waals surface area contributed by atoms with Gasteiger partial charge >= 0.3 is 0 Å². The lowest BCUT2D eigenvalue weighted by Crippen LogP contribution is -2.58. The summed E-state index contributed by atoms with van der Waals surface area (Å²) in [7, 11) is 0. The van der Waals surface area contributed by atoms with E-state index in [1.165, 1.54) is 0 Å². The van der Waals surface area contributed by atoms with Gasteiger partial charge in [-0.1, -0.05) is 0 Å². The van der Waals surface area contributed by atoms with Crippen LogP contribution in [0.1, 0.15) is 38.2 Å². The second kappa shape index (κ2) is 4.70. The molecule has 1 aliphatic heterocycles. The Morgan fingerprint density at radius 2 is 2.06 bits per heavy atom. The van der Waals surface area contributed by atoms with Crippen LogP contribution in [0.4, 0.5) is 0 Å². The van der Waals surface area contributed by atoms with Gasteiger partial charge in [-0.05, 0) is 27.7 Å². The topological polar surface area (TPSA) is 41.1 Å². The van der Waals surface area contributed by atoms with Crippen LogP contribution in [0, 0.1) is 6.92 Å². The summed E-state index contributed by atoms with van der Waals surface area (Å²) < 4.78 is 0. The third kappa shape index (κ3) is 2.48. The summed E-state index contributed by atoms with van der Waals surface area (Å²) in [6.45, 7) is 12.0. The van der Waals surface area contributed by atoms with Gasteiger partial charge in [0.25, 0.3) is 0 Å². The van der Waals surface area contributed by atoms with E-state index < -0.39 is 0 Å². The van der Waals surface area contributed by atoms with Crippen molar-refractivity contribution >= 4 is 0 Å². The maximum absolute atomic E-state index is 4.49. The molecular weight excluding hydrogens is 212 g/mol. The van der Waals surface area contributed by atoms with E-state index >= 15 is 0 Å². The first-order valence-corrected chi connectivity index (χ1v) is 6.27. The van der Waals surface area contributed by atoms with Crippen LogP contribution in [-0.2, 0) is 0 Å². The van der Waals surface area contributed by atoms with Gasteiger partial charge in [0.05, 0.1) is 17.4 Å². The van der Waals surface area contributed by atoms with Crippen LogP contribution in [0.15, 0.2) is 12.4 Å². The Kier molecular flexibility index (Phi) is 3.45. The molecule has 0 amide bonds. The standard InChI is InChI=1S/C13H22N4/c1-10-12(16-6-5-15-10)11(2)17-8-7-14-9-13(17,3)4/h5-6,11,14H,7-9H2,1-4H3. The first-order valence-electron chi connectivity index (χ1n) is 6.27. The van der Waals surface area contributed by atoms with E-state index in [1.54, 1.807) is 12.4 Å². The average molecular weight is 234 g/mol. The molecule has 1 aliphatic rings. The molecule has 0 spiro atoms. The van der Waals surface area contributed by atoms with Crippen LogP contribution in [0.5, 0.6) is 0 Å². The highest BCUT2D eigenvalue weighted by atomic mass is 15.3. The Labute approximate surface area is 103 Å². The zero-order chi connectivity index (χ0) is 12.5. The molecule has 1 fully saturated rings. The van der Waals surface area contributed by atoms with Gasteiger partial charge in [0, 0.05) is 37.6 Å². The summed E-state index contributed by atoms with van der Waals surface area (Å²) in [4.78, 5) is 11.3. The minimum atomic E-state index is 0.168. The van der Waals surface area contributed by atoms with Crippen molar-refractivity contribution in [3.05, 3.63) is 23.8 Å². The zero-order valence-corrected chi connectivity index (χ0v) is 11.2. The highest BCUT2D eigenvalue weighted by Gasteiger charge is 2.34. The lowest BCUT2D eigenvalue weighted by Gasteiger charge is -2.46. The number of piperazine rings is 1. The third-order valence-corrected chi connectivity index (χ3v) is 3.65. The smallest absolute Gasteiger partial charge is 0.0784 e. The first-order chi connectivity index (χ1) is 8.02. The molecule has 17 heavy (non-hydrogen) atoms. The fraction of sp³-hybridized carbons (Fsp3) is 0.692. The predicted octanol–water partition coefficient (Wildman–Crippen LogP) is 1.53. The number of aromatic nitrogens is 2. The van der Waals surface area contributed by atoms with E-state index in [-0.39, 0.29) is 5.54 Å².